The van der Waals surface area contributed by atoms with Gasteiger partial charge in [0, 0.05) is 6.54 Å². The molecule has 0 fully saturated rings. The molecule has 0 saturated carbocycles. The third-order valence-electron chi connectivity index (χ3n) is 1.87. The number of halogens is 3. The van der Waals surface area contributed by atoms with Crippen LogP contribution in [0.5, 0.6) is 0 Å². The number of aromatic nitrogens is 2. The maximum absolute atomic E-state index is 12.2. The Morgan fingerprint density at radius 2 is 2.12 bits per heavy atom. The topological polar surface area (TPSA) is 85.2 Å². The Morgan fingerprint density at radius 1 is 1.47 bits per heavy atom. The summed E-state index contributed by atoms with van der Waals surface area (Å²) < 4.78 is 40.9. The third-order valence-corrected chi connectivity index (χ3v) is 1.87. The molecule has 0 spiro atoms. The quantitative estimate of drug-likeness (QED) is 0.866. The lowest BCUT2D eigenvalue weighted by atomic mass is 10.3. The molecular weight excluding hydrogens is 241 g/mol. The van der Waals surface area contributed by atoms with E-state index in [1.807, 2.05) is 0 Å². The molecule has 0 radical (unpaired) electrons. The molecule has 96 valence electrons. The number of nitrogen functional groups attached to an aromatic ring is 1. The van der Waals surface area contributed by atoms with Gasteiger partial charge in [-0.15, -0.1) is 0 Å². The van der Waals surface area contributed by atoms with Crippen molar-refractivity contribution in [2.24, 2.45) is 0 Å². The number of anilines is 1. The van der Waals surface area contributed by atoms with Gasteiger partial charge in [-0.25, -0.2) is 4.63 Å². The molecule has 0 atom stereocenters. The Labute approximate surface area is 94.5 Å². The fourth-order valence-corrected chi connectivity index (χ4v) is 1.23. The van der Waals surface area contributed by atoms with Crippen LogP contribution in [0.3, 0.4) is 0 Å². The SMILES string of the molecule is CCCN(CC(F)(F)F)C(=O)c1nonc1N. The fourth-order valence-electron chi connectivity index (χ4n) is 1.23. The zero-order chi connectivity index (χ0) is 13.1. The molecule has 0 unspecified atom stereocenters. The molecule has 9 heteroatoms. The van der Waals surface area contributed by atoms with Crippen LogP contribution in [0.1, 0.15) is 23.8 Å². The summed E-state index contributed by atoms with van der Waals surface area (Å²) in [6, 6.07) is 0. The summed E-state index contributed by atoms with van der Waals surface area (Å²) in [5, 5.41) is 6.32. The number of nitrogens with zero attached hydrogens (tertiary/aromatic N) is 3. The number of hydrogen-bond donors (Lipinski definition) is 1. The number of alkyl halides is 3. The summed E-state index contributed by atoms with van der Waals surface area (Å²) in [6.07, 6.45) is -4.09. The van der Waals surface area contributed by atoms with Crippen molar-refractivity contribution < 1.29 is 22.6 Å². The van der Waals surface area contributed by atoms with Crippen LogP contribution in [0.25, 0.3) is 0 Å². The third kappa shape index (κ3) is 3.61. The van der Waals surface area contributed by atoms with Crippen molar-refractivity contribution in [2.45, 2.75) is 19.5 Å². The van der Waals surface area contributed by atoms with E-state index in [0.717, 1.165) is 0 Å². The maximum Gasteiger partial charge on any atom is 0.406 e. The van der Waals surface area contributed by atoms with Crippen LogP contribution in [0, 0.1) is 0 Å². The lowest BCUT2D eigenvalue weighted by Crippen LogP contribution is -2.39. The largest absolute Gasteiger partial charge is 0.406 e. The predicted molar refractivity (Wildman–Crippen MR) is 51.0 cm³/mol. The van der Waals surface area contributed by atoms with Gasteiger partial charge < -0.3 is 10.6 Å². The van der Waals surface area contributed by atoms with Gasteiger partial charge in [0.1, 0.15) is 6.54 Å². The Bertz CT molecular complexity index is 390. The number of carbonyl (C=O) groups is 1. The van der Waals surface area contributed by atoms with E-state index >= 15 is 0 Å². The average Bonchev–Trinajstić information content (AvgIpc) is 2.61. The van der Waals surface area contributed by atoms with E-state index in [9.17, 15) is 18.0 Å². The molecular formula is C8H11F3N4O2. The van der Waals surface area contributed by atoms with E-state index in [-0.39, 0.29) is 12.4 Å². The van der Waals surface area contributed by atoms with Gasteiger partial charge in [0.05, 0.1) is 0 Å². The molecule has 17 heavy (non-hydrogen) atoms. The van der Waals surface area contributed by atoms with Crippen molar-refractivity contribution in [1.82, 2.24) is 15.2 Å². The van der Waals surface area contributed by atoms with Gasteiger partial charge in [-0.2, -0.15) is 13.2 Å². The van der Waals surface area contributed by atoms with Crippen molar-refractivity contribution in [3.8, 4) is 0 Å². The van der Waals surface area contributed by atoms with Crippen LogP contribution in [-0.4, -0.2) is 40.4 Å². The lowest BCUT2D eigenvalue weighted by Gasteiger charge is -2.22. The van der Waals surface area contributed by atoms with Crippen LogP contribution in [-0.2, 0) is 0 Å². The highest BCUT2D eigenvalue weighted by Crippen LogP contribution is 2.19. The molecule has 2 N–H and O–H groups in total. The number of nitrogens with two attached hydrogens (primary N) is 1. The number of carbonyl (C=O) groups excluding carboxylic acids is 1. The molecule has 1 aromatic heterocycles. The van der Waals surface area contributed by atoms with Gasteiger partial charge in [0.2, 0.25) is 11.5 Å². The first-order valence-electron chi connectivity index (χ1n) is 4.79. The zero-order valence-electron chi connectivity index (χ0n) is 8.99. The van der Waals surface area contributed by atoms with Crippen molar-refractivity contribution in [3.63, 3.8) is 0 Å². The molecule has 1 aromatic rings. The van der Waals surface area contributed by atoms with Gasteiger partial charge in [-0.05, 0) is 16.7 Å². The van der Waals surface area contributed by atoms with Crippen molar-refractivity contribution >= 4 is 11.7 Å². The minimum absolute atomic E-state index is 0.0509. The standard InChI is InChI=1S/C8H11F3N4O2/c1-2-3-15(4-8(9,10)11)7(16)5-6(12)14-17-13-5/h2-4H2,1H3,(H2,12,14). The Balaban J connectivity index is 2.84. The Morgan fingerprint density at radius 3 is 2.53 bits per heavy atom. The van der Waals surface area contributed by atoms with Gasteiger partial charge >= 0.3 is 6.18 Å². The molecule has 0 aliphatic heterocycles. The van der Waals surface area contributed by atoms with Gasteiger partial charge in [-0.3, -0.25) is 4.79 Å². The second kappa shape index (κ2) is 5.02. The van der Waals surface area contributed by atoms with E-state index in [1.165, 1.54) is 0 Å². The van der Waals surface area contributed by atoms with E-state index in [0.29, 0.717) is 11.3 Å². The second-order valence-electron chi connectivity index (χ2n) is 3.34. The van der Waals surface area contributed by atoms with Gasteiger partial charge in [0.15, 0.2) is 0 Å². The molecule has 0 bridgehead atoms. The molecule has 0 aliphatic rings. The van der Waals surface area contributed by atoms with E-state index in [4.69, 9.17) is 5.73 Å². The van der Waals surface area contributed by atoms with Crippen LogP contribution in [0.15, 0.2) is 4.63 Å². The summed E-state index contributed by atoms with van der Waals surface area (Å²) in [6.45, 7) is 0.248. The first-order chi connectivity index (χ1) is 7.85. The minimum atomic E-state index is -4.48. The summed E-state index contributed by atoms with van der Waals surface area (Å²) in [4.78, 5) is 12.3. The van der Waals surface area contributed by atoms with Crippen molar-refractivity contribution in [3.05, 3.63) is 5.69 Å². The summed E-state index contributed by atoms with van der Waals surface area (Å²) >= 11 is 0. The highest BCUT2D eigenvalue weighted by atomic mass is 19.4. The van der Waals surface area contributed by atoms with Crippen LogP contribution in [0.2, 0.25) is 0 Å². The van der Waals surface area contributed by atoms with E-state index in [2.05, 4.69) is 14.9 Å². The second-order valence-corrected chi connectivity index (χ2v) is 3.34. The molecule has 0 aliphatic carbocycles. The Hall–Kier alpha value is -1.80. The van der Waals surface area contributed by atoms with E-state index < -0.39 is 24.3 Å². The summed E-state index contributed by atoms with van der Waals surface area (Å²) in [5.74, 6) is -1.26. The van der Waals surface area contributed by atoms with Gasteiger partial charge in [-0.1, -0.05) is 6.92 Å². The normalized spacial score (nSPS) is 11.5. The van der Waals surface area contributed by atoms with Crippen LogP contribution >= 0.6 is 0 Å². The number of amides is 1. The van der Waals surface area contributed by atoms with Gasteiger partial charge in [0.25, 0.3) is 5.91 Å². The zero-order valence-corrected chi connectivity index (χ0v) is 8.99. The summed E-state index contributed by atoms with van der Waals surface area (Å²) in [7, 11) is 0. The Kier molecular flexibility index (Phi) is 3.92. The smallest absolute Gasteiger partial charge is 0.379 e. The first kappa shape index (κ1) is 13.3. The fraction of sp³-hybridized carbons (Fsp3) is 0.625. The van der Waals surface area contributed by atoms with Crippen LogP contribution in [0.4, 0.5) is 19.0 Å². The molecule has 0 aromatic carbocycles. The molecule has 0 saturated heterocycles. The minimum Gasteiger partial charge on any atom is -0.379 e. The predicted octanol–water partition coefficient (Wildman–Crippen LogP) is 1.07. The highest BCUT2D eigenvalue weighted by molar-refractivity contribution is 5.96. The molecule has 1 heterocycles. The summed E-state index contributed by atoms with van der Waals surface area (Å²) in [5.41, 5.74) is 4.84. The number of rotatable bonds is 4. The van der Waals surface area contributed by atoms with E-state index in [1.54, 1.807) is 6.92 Å². The monoisotopic (exact) mass is 252 g/mol. The molecule has 1 amide bonds. The average molecular weight is 252 g/mol. The maximum atomic E-state index is 12.2. The highest BCUT2D eigenvalue weighted by Gasteiger charge is 2.34. The first-order valence-corrected chi connectivity index (χ1v) is 4.79. The molecule has 1 rings (SSSR count). The molecule has 6 nitrogen and oxygen atoms in total. The number of hydrogen-bond acceptors (Lipinski definition) is 5. The van der Waals surface area contributed by atoms with Crippen molar-refractivity contribution in [2.75, 3.05) is 18.8 Å². The van der Waals surface area contributed by atoms with Crippen LogP contribution < -0.4 is 5.73 Å². The lowest BCUT2D eigenvalue weighted by molar-refractivity contribution is -0.140. The van der Waals surface area contributed by atoms with Crippen molar-refractivity contribution in [1.29, 1.82) is 0 Å².